The van der Waals surface area contributed by atoms with Crippen molar-refractivity contribution in [3.8, 4) is 0 Å². The van der Waals surface area contributed by atoms with E-state index in [4.69, 9.17) is 5.11 Å². The number of carbonyl (C=O) groups is 2. The van der Waals surface area contributed by atoms with Crippen molar-refractivity contribution in [3.63, 3.8) is 0 Å². The van der Waals surface area contributed by atoms with Gasteiger partial charge in [-0.2, -0.15) is 0 Å². The van der Waals surface area contributed by atoms with Gasteiger partial charge in [-0.3, -0.25) is 0 Å². The first-order chi connectivity index (χ1) is 8.56. The lowest BCUT2D eigenvalue weighted by atomic mass is 10.1. The van der Waals surface area contributed by atoms with Crippen LogP contribution in [-0.4, -0.2) is 23.7 Å². The molecule has 0 spiro atoms. The Morgan fingerprint density at radius 2 is 2.06 bits per heavy atom. The average molecular weight is 250 g/mol. The van der Waals surface area contributed by atoms with Crippen LogP contribution in [-0.2, 0) is 0 Å². The molecule has 0 heterocycles. The minimum atomic E-state index is -1.05. The number of nitrogens with one attached hydrogen (secondary N) is 2. The first-order valence-electron chi connectivity index (χ1n) is 5.94. The maximum Gasteiger partial charge on any atom is 0.337 e. The van der Waals surface area contributed by atoms with Gasteiger partial charge in [0.2, 0.25) is 0 Å². The zero-order chi connectivity index (χ0) is 13.5. The Kier molecular flexibility index (Phi) is 5.17. The second-order valence-electron chi connectivity index (χ2n) is 4.04. The molecule has 1 aromatic carbocycles. The van der Waals surface area contributed by atoms with Gasteiger partial charge in [-0.1, -0.05) is 25.5 Å². The van der Waals surface area contributed by atoms with Gasteiger partial charge in [0.25, 0.3) is 0 Å². The van der Waals surface area contributed by atoms with Crippen molar-refractivity contribution in [1.29, 1.82) is 0 Å². The molecule has 0 saturated carbocycles. The summed E-state index contributed by atoms with van der Waals surface area (Å²) in [5, 5.41) is 14.3. The van der Waals surface area contributed by atoms with E-state index in [9.17, 15) is 9.59 Å². The number of para-hydroxylation sites is 1. The van der Waals surface area contributed by atoms with E-state index in [1.165, 1.54) is 6.07 Å². The molecule has 3 N–H and O–H groups in total. The van der Waals surface area contributed by atoms with E-state index in [-0.39, 0.29) is 11.6 Å². The number of unbranched alkanes of at least 4 members (excludes halogenated alkanes) is 1. The second kappa shape index (κ2) is 6.64. The van der Waals surface area contributed by atoms with Crippen LogP contribution < -0.4 is 10.6 Å². The number of carboxylic acid groups (broad SMARTS) is 1. The van der Waals surface area contributed by atoms with Gasteiger partial charge in [0.05, 0.1) is 11.3 Å². The third-order valence-electron chi connectivity index (χ3n) is 2.56. The largest absolute Gasteiger partial charge is 0.478 e. The number of carboxylic acids is 1. The average Bonchev–Trinajstić information content (AvgIpc) is 2.31. The number of amides is 2. The lowest BCUT2D eigenvalue weighted by Gasteiger charge is -2.12. The number of rotatable bonds is 5. The van der Waals surface area contributed by atoms with E-state index in [0.717, 1.165) is 18.4 Å². The van der Waals surface area contributed by atoms with E-state index in [1.807, 2.05) is 6.92 Å². The van der Waals surface area contributed by atoms with Crippen molar-refractivity contribution in [2.24, 2.45) is 0 Å². The smallest absolute Gasteiger partial charge is 0.337 e. The van der Waals surface area contributed by atoms with Crippen LogP contribution in [0.3, 0.4) is 0 Å². The minimum Gasteiger partial charge on any atom is -0.478 e. The third-order valence-corrected chi connectivity index (χ3v) is 2.56. The molecule has 5 nitrogen and oxygen atoms in total. The van der Waals surface area contributed by atoms with E-state index >= 15 is 0 Å². The molecule has 18 heavy (non-hydrogen) atoms. The summed E-state index contributed by atoms with van der Waals surface area (Å²) in [6.07, 6.45) is 1.89. The van der Waals surface area contributed by atoms with Crippen LogP contribution in [0.5, 0.6) is 0 Å². The molecule has 1 rings (SSSR count). The summed E-state index contributed by atoms with van der Waals surface area (Å²) in [4.78, 5) is 22.6. The van der Waals surface area contributed by atoms with Crippen molar-refractivity contribution in [2.75, 3.05) is 11.9 Å². The van der Waals surface area contributed by atoms with Crippen molar-refractivity contribution < 1.29 is 14.7 Å². The van der Waals surface area contributed by atoms with Gasteiger partial charge in [-0.15, -0.1) is 0 Å². The zero-order valence-electron chi connectivity index (χ0n) is 10.6. The minimum absolute atomic E-state index is 0.0978. The quantitative estimate of drug-likeness (QED) is 0.703. The number of urea groups is 1. The standard InChI is InChI=1S/C13H18N2O3/c1-3-4-8-14-13(18)15-11-9(2)6-5-7-10(11)12(16)17/h5-7H,3-4,8H2,1-2H3,(H,16,17)(H2,14,15,18). The molecular weight excluding hydrogens is 232 g/mol. The van der Waals surface area contributed by atoms with E-state index < -0.39 is 5.97 Å². The Labute approximate surface area is 106 Å². The molecule has 0 aliphatic carbocycles. The molecule has 0 aliphatic rings. The summed E-state index contributed by atoms with van der Waals surface area (Å²) in [5.74, 6) is -1.05. The Balaban J connectivity index is 2.77. The number of aryl methyl sites for hydroxylation is 1. The van der Waals surface area contributed by atoms with E-state index in [1.54, 1.807) is 19.1 Å². The van der Waals surface area contributed by atoms with Crippen LogP contribution in [0.15, 0.2) is 18.2 Å². The Hall–Kier alpha value is -2.04. The Morgan fingerprint density at radius 1 is 1.33 bits per heavy atom. The van der Waals surface area contributed by atoms with Gasteiger partial charge in [0, 0.05) is 6.54 Å². The highest BCUT2D eigenvalue weighted by atomic mass is 16.4. The molecule has 98 valence electrons. The van der Waals surface area contributed by atoms with Crippen molar-refractivity contribution in [1.82, 2.24) is 5.32 Å². The molecule has 0 radical (unpaired) electrons. The van der Waals surface area contributed by atoms with Crippen LogP contribution in [0.4, 0.5) is 10.5 Å². The van der Waals surface area contributed by atoms with Crippen LogP contribution in [0.2, 0.25) is 0 Å². The van der Waals surface area contributed by atoms with Crippen LogP contribution in [0.1, 0.15) is 35.7 Å². The van der Waals surface area contributed by atoms with Crippen LogP contribution in [0.25, 0.3) is 0 Å². The fourth-order valence-corrected chi connectivity index (χ4v) is 1.55. The first kappa shape index (κ1) is 14.0. The lowest BCUT2D eigenvalue weighted by molar-refractivity contribution is 0.0698. The molecule has 0 fully saturated rings. The normalized spacial score (nSPS) is 9.89. The second-order valence-corrected chi connectivity index (χ2v) is 4.04. The molecule has 0 bridgehead atoms. The number of hydrogen-bond donors (Lipinski definition) is 3. The summed E-state index contributed by atoms with van der Waals surface area (Å²) in [6, 6.07) is 4.50. The number of hydrogen-bond acceptors (Lipinski definition) is 2. The molecule has 1 aromatic rings. The summed E-state index contributed by atoms with van der Waals surface area (Å²) in [7, 11) is 0. The molecule has 2 amide bonds. The van der Waals surface area contributed by atoms with Crippen molar-refractivity contribution >= 4 is 17.7 Å². The number of carbonyl (C=O) groups excluding carboxylic acids is 1. The predicted octanol–water partition coefficient (Wildman–Crippen LogP) is 2.61. The molecule has 0 atom stereocenters. The molecule has 0 saturated heterocycles. The highest BCUT2D eigenvalue weighted by Crippen LogP contribution is 2.20. The summed E-state index contributed by atoms with van der Waals surface area (Å²) in [5.41, 5.74) is 1.17. The van der Waals surface area contributed by atoms with Gasteiger partial charge in [0.15, 0.2) is 0 Å². The predicted molar refractivity (Wildman–Crippen MR) is 70.1 cm³/mol. The Bertz CT molecular complexity index is 444. The van der Waals surface area contributed by atoms with Crippen molar-refractivity contribution in [2.45, 2.75) is 26.7 Å². The molecule has 0 aromatic heterocycles. The molecular formula is C13H18N2O3. The maximum atomic E-state index is 11.6. The van der Waals surface area contributed by atoms with Gasteiger partial charge in [0.1, 0.15) is 0 Å². The highest BCUT2D eigenvalue weighted by molar-refractivity contribution is 6.00. The first-order valence-corrected chi connectivity index (χ1v) is 5.94. The molecule has 5 heteroatoms. The summed E-state index contributed by atoms with van der Waals surface area (Å²) in [6.45, 7) is 4.37. The van der Waals surface area contributed by atoms with Gasteiger partial charge < -0.3 is 15.7 Å². The van der Waals surface area contributed by atoms with Gasteiger partial charge >= 0.3 is 12.0 Å². The van der Waals surface area contributed by atoms with Gasteiger partial charge in [-0.25, -0.2) is 9.59 Å². The number of aromatic carboxylic acids is 1. The van der Waals surface area contributed by atoms with E-state index in [2.05, 4.69) is 10.6 Å². The summed E-state index contributed by atoms with van der Waals surface area (Å²) < 4.78 is 0. The topological polar surface area (TPSA) is 78.4 Å². The van der Waals surface area contributed by atoms with Crippen LogP contribution >= 0.6 is 0 Å². The lowest BCUT2D eigenvalue weighted by Crippen LogP contribution is -2.30. The van der Waals surface area contributed by atoms with Crippen LogP contribution in [0, 0.1) is 6.92 Å². The Morgan fingerprint density at radius 3 is 2.67 bits per heavy atom. The van der Waals surface area contributed by atoms with E-state index in [0.29, 0.717) is 12.2 Å². The summed E-state index contributed by atoms with van der Waals surface area (Å²) >= 11 is 0. The van der Waals surface area contributed by atoms with Crippen molar-refractivity contribution in [3.05, 3.63) is 29.3 Å². The maximum absolute atomic E-state index is 11.6. The molecule has 0 unspecified atom stereocenters. The number of anilines is 1. The number of benzene rings is 1. The highest BCUT2D eigenvalue weighted by Gasteiger charge is 2.13. The fraction of sp³-hybridized carbons (Fsp3) is 0.385. The monoisotopic (exact) mass is 250 g/mol. The molecule has 0 aliphatic heterocycles. The SMILES string of the molecule is CCCCNC(=O)Nc1c(C)cccc1C(=O)O. The van der Waals surface area contributed by atoms with Gasteiger partial charge in [-0.05, 0) is 25.0 Å². The zero-order valence-corrected chi connectivity index (χ0v) is 10.6. The fourth-order valence-electron chi connectivity index (χ4n) is 1.55. The third kappa shape index (κ3) is 3.76.